The number of pyridine rings is 1. The molecule has 0 aliphatic carbocycles. The zero-order valence-electron chi connectivity index (χ0n) is 13.6. The van der Waals surface area contributed by atoms with Crippen LogP contribution >= 0.6 is 0 Å². The van der Waals surface area contributed by atoms with Crippen molar-refractivity contribution in [3.05, 3.63) is 54.4 Å². The van der Waals surface area contributed by atoms with Crippen LogP contribution in [-0.4, -0.2) is 47.9 Å². The fourth-order valence-corrected chi connectivity index (χ4v) is 2.82. The molecule has 1 aliphatic rings. The first-order chi connectivity index (χ1) is 11.6. The molecule has 1 saturated heterocycles. The van der Waals surface area contributed by atoms with E-state index in [4.69, 9.17) is 0 Å². The van der Waals surface area contributed by atoms with E-state index >= 15 is 0 Å². The molecule has 6 heteroatoms. The minimum absolute atomic E-state index is 0.0229. The van der Waals surface area contributed by atoms with Gasteiger partial charge in [0, 0.05) is 56.9 Å². The monoisotopic (exact) mass is 324 g/mol. The maximum absolute atomic E-state index is 12.4. The van der Waals surface area contributed by atoms with E-state index in [1.54, 1.807) is 24.5 Å². The molecule has 1 aromatic carbocycles. The van der Waals surface area contributed by atoms with E-state index in [2.05, 4.69) is 15.2 Å². The maximum Gasteiger partial charge on any atom is 0.255 e. The third-order valence-electron chi connectivity index (χ3n) is 4.01. The summed E-state index contributed by atoms with van der Waals surface area (Å²) in [5, 5.41) is 2.80. The number of anilines is 2. The van der Waals surface area contributed by atoms with Gasteiger partial charge in [0.15, 0.2) is 0 Å². The Bertz CT molecular complexity index is 725. The molecule has 1 aliphatic heterocycles. The molecular weight excluding hydrogens is 304 g/mol. The average molecular weight is 324 g/mol. The van der Waals surface area contributed by atoms with Gasteiger partial charge >= 0.3 is 0 Å². The second-order valence-electron chi connectivity index (χ2n) is 5.75. The first-order valence-corrected chi connectivity index (χ1v) is 7.95. The molecule has 0 atom stereocenters. The number of piperazine rings is 1. The van der Waals surface area contributed by atoms with Gasteiger partial charge in [-0.2, -0.15) is 0 Å². The standard InChI is InChI=1S/C18H20N4O2/c1-14(23)20-16-5-2-6-17(12-16)21-8-10-22(11-9-21)18(24)15-4-3-7-19-13-15/h2-7,12-13H,8-11H2,1H3,(H,20,23). The normalized spacial score (nSPS) is 14.4. The number of nitrogens with zero attached hydrogens (tertiary/aromatic N) is 3. The molecule has 1 N–H and O–H groups in total. The van der Waals surface area contributed by atoms with Crippen molar-refractivity contribution < 1.29 is 9.59 Å². The number of hydrogen-bond acceptors (Lipinski definition) is 4. The Morgan fingerprint density at radius 3 is 2.54 bits per heavy atom. The molecule has 0 saturated carbocycles. The van der Waals surface area contributed by atoms with E-state index in [1.165, 1.54) is 6.92 Å². The summed E-state index contributed by atoms with van der Waals surface area (Å²) in [6.07, 6.45) is 3.27. The SMILES string of the molecule is CC(=O)Nc1cccc(N2CCN(C(=O)c3cccnc3)CC2)c1. The van der Waals surface area contributed by atoms with Gasteiger partial charge in [0.25, 0.3) is 5.91 Å². The third kappa shape index (κ3) is 3.71. The number of rotatable bonds is 3. The predicted octanol–water partition coefficient (Wildman–Crippen LogP) is 2.00. The molecule has 6 nitrogen and oxygen atoms in total. The molecule has 24 heavy (non-hydrogen) atoms. The minimum Gasteiger partial charge on any atom is -0.368 e. The fourth-order valence-electron chi connectivity index (χ4n) is 2.82. The summed E-state index contributed by atoms with van der Waals surface area (Å²) in [5.74, 6) is -0.0613. The topological polar surface area (TPSA) is 65.5 Å². The Kier molecular flexibility index (Phi) is 4.74. The quantitative estimate of drug-likeness (QED) is 0.938. The summed E-state index contributed by atoms with van der Waals surface area (Å²) in [6, 6.07) is 11.3. The lowest BCUT2D eigenvalue weighted by Crippen LogP contribution is -2.48. The van der Waals surface area contributed by atoms with Crippen LogP contribution in [0.4, 0.5) is 11.4 Å². The van der Waals surface area contributed by atoms with Crippen LogP contribution in [-0.2, 0) is 4.79 Å². The molecule has 2 amide bonds. The highest BCUT2D eigenvalue weighted by Crippen LogP contribution is 2.21. The van der Waals surface area contributed by atoms with Crippen molar-refractivity contribution in [2.24, 2.45) is 0 Å². The number of aromatic nitrogens is 1. The second kappa shape index (κ2) is 7.12. The third-order valence-corrected chi connectivity index (χ3v) is 4.01. The summed E-state index contributed by atoms with van der Waals surface area (Å²) >= 11 is 0. The van der Waals surface area contributed by atoms with Crippen LogP contribution in [0.25, 0.3) is 0 Å². The van der Waals surface area contributed by atoms with Crippen LogP contribution < -0.4 is 10.2 Å². The van der Waals surface area contributed by atoms with Gasteiger partial charge in [-0.1, -0.05) is 6.07 Å². The fraction of sp³-hybridized carbons (Fsp3) is 0.278. The lowest BCUT2D eigenvalue weighted by molar-refractivity contribution is -0.114. The van der Waals surface area contributed by atoms with Gasteiger partial charge in [-0.3, -0.25) is 14.6 Å². The minimum atomic E-state index is -0.0842. The van der Waals surface area contributed by atoms with Crippen molar-refractivity contribution in [3.8, 4) is 0 Å². The Labute approximate surface area is 141 Å². The second-order valence-corrected chi connectivity index (χ2v) is 5.75. The van der Waals surface area contributed by atoms with Crippen molar-refractivity contribution in [2.45, 2.75) is 6.92 Å². The van der Waals surface area contributed by atoms with Crippen LogP contribution in [0.2, 0.25) is 0 Å². The van der Waals surface area contributed by atoms with Gasteiger partial charge in [-0.25, -0.2) is 0 Å². The number of benzene rings is 1. The number of hydrogen-bond donors (Lipinski definition) is 1. The average Bonchev–Trinajstić information content (AvgIpc) is 2.62. The summed E-state index contributed by atoms with van der Waals surface area (Å²) in [6.45, 7) is 4.34. The first kappa shape index (κ1) is 16.0. The van der Waals surface area contributed by atoms with E-state index in [0.717, 1.165) is 24.5 Å². The highest BCUT2D eigenvalue weighted by atomic mass is 16.2. The lowest BCUT2D eigenvalue weighted by atomic mass is 10.2. The lowest BCUT2D eigenvalue weighted by Gasteiger charge is -2.36. The smallest absolute Gasteiger partial charge is 0.255 e. The predicted molar refractivity (Wildman–Crippen MR) is 93.1 cm³/mol. The Hall–Kier alpha value is -2.89. The zero-order chi connectivity index (χ0) is 16.9. The molecule has 2 heterocycles. The van der Waals surface area contributed by atoms with Gasteiger partial charge in [-0.05, 0) is 30.3 Å². The largest absolute Gasteiger partial charge is 0.368 e. The van der Waals surface area contributed by atoms with Crippen LogP contribution in [0.15, 0.2) is 48.8 Å². The van der Waals surface area contributed by atoms with E-state index in [0.29, 0.717) is 18.7 Å². The van der Waals surface area contributed by atoms with Crippen LogP contribution in [0, 0.1) is 0 Å². The highest BCUT2D eigenvalue weighted by molar-refractivity contribution is 5.94. The molecule has 0 radical (unpaired) electrons. The van der Waals surface area contributed by atoms with Crippen LogP contribution in [0.3, 0.4) is 0 Å². The van der Waals surface area contributed by atoms with Crippen molar-refractivity contribution in [1.82, 2.24) is 9.88 Å². The summed E-state index contributed by atoms with van der Waals surface area (Å²) in [4.78, 5) is 31.7. The molecule has 0 bridgehead atoms. The van der Waals surface area contributed by atoms with E-state index in [1.807, 2.05) is 29.2 Å². The first-order valence-electron chi connectivity index (χ1n) is 7.95. The number of carbonyl (C=O) groups excluding carboxylic acids is 2. The molecule has 1 fully saturated rings. The van der Waals surface area contributed by atoms with Crippen LogP contribution in [0.5, 0.6) is 0 Å². The van der Waals surface area contributed by atoms with Gasteiger partial charge in [0.2, 0.25) is 5.91 Å². The number of nitrogens with one attached hydrogen (secondary N) is 1. The van der Waals surface area contributed by atoms with Crippen molar-refractivity contribution in [3.63, 3.8) is 0 Å². The Morgan fingerprint density at radius 2 is 1.88 bits per heavy atom. The number of amides is 2. The molecule has 0 unspecified atom stereocenters. The van der Waals surface area contributed by atoms with Gasteiger partial charge in [-0.15, -0.1) is 0 Å². The molecule has 1 aromatic heterocycles. The van der Waals surface area contributed by atoms with E-state index in [-0.39, 0.29) is 11.8 Å². The van der Waals surface area contributed by atoms with E-state index < -0.39 is 0 Å². The molecule has 2 aromatic rings. The molecule has 124 valence electrons. The molecule has 3 rings (SSSR count). The zero-order valence-corrected chi connectivity index (χ0v) is 13.6. The van der Waals surface area contributed by atoms with Crippen LogP contribution in [0.1, 0.15) is 17.3 Å². The molecule has 0 spiro atoms. The van der Waals surface area contributed by atoms with Gasteiger partial charge in [0.05, 0.1) is 5.56 Å². The van der Waals surface area contributed by atoms with Crippen molar-refractivity contribution in [2.75, 3.05) is 36.4 Å². The van der Waals surface area contributed by atoms with Crippen molar-refractivity contribution >= 4 is 23.2 Å². The van der Waals surface area contributed by atoms with Gasteiger partial charge < -0.3 is 15.1 Å². The Balaban J connectivity index is 1.63. The Morgan fingerprint density at radius 1 is 1.08 bits per heavy atom. The summed E-state index contributed by atoms with van der Waals surface area (Å²) in [7, 11) is 0. The van der Waals surface area contributed by atoms with Crippen molar-refractivity contribution in [1.29, 1.82) is 0 Å². The summed E-state index contributed by atoms with van der Waals surface area (Å²) in [5.41, 5.74) is 2.46. The van der Waals surface area contributed by atoms with Gasteiger partial charge in [0.1, 0.15) is 0 Å². The highest BCUT2D eigenvalue weighted by Gasteiger charge is 2.22. The van der Waals surface area contributed by atoms with E-state index in [9.17, 15) is 9.59 Å². The summed E-state index contributed by atoms with van der Waals surface area (Å²) < 4.78 is 0. The maximum atomic E-state index is 12.4. The molecular formula is C18H20N4O2. The number of carbonyl (C=O) groups is 2.